The molecule has 0 aromatic heterocycles. The van der Waals surface area contributed by atoms with E-state index in [1.807, 2.05) is 0 Å². The van der Waals surface area contributed by atoms with Crippen LogP contribution in [0.25, 0.3) is 0 Å². The van der Waals surface area contributed by atoms with E-state index in [2.05, 4.69) is 18.7 Å². The van der Waals surface area contributed by atoms with Gasteiger partial charge in [0, 0.05) is 19.7 Å². The van der Waals surface area contributed by atoms with Crippen LogP contribution in [0.2, 0.25) is 0 Å². The molecule has 0 spiro atoms. The van der Waals surface area contributed by atoms with Gasteiger partial charge in [-0.1, -0.05) is 6.92 Å². The lowest BCUT2D eigenvalue weighted by Gasteiger charge is -2.15. The molecule has 0 radical (unpaired) electrons. The van der Waals surface area contributed by atoms with Crippen molar-refractivity contribution in [2.24, 2.45) is 17.6 Å². The molecule has 1 aliphatic heterocycles. The van der Waals surface area contributed by atoms with Gasteiger partial charge in [-0.3, -0.25) is 0 Å². The number of likely N-dealkylation sites (tertiary alicyclic amines) is 1. The zero-order valence-electron chi connectivity index (χ0n) is 9.54. The van der Waals surface area contributed by atoms with Crippen LogP contribution in [0, 0.1) is 11.8 Å². The Morgan fingerprint density at radius 1 is 1.43 bits per heavy atom. The van der Waals surface area contributed by atoms with Crippen molar-refractivity contribution in [1.82, 2.24) is 4.90 Å². The Labute approximate surface area is 87.6 Å². The standard InChI is InChI=1S/C11H24N2O/c1-3-14-9-11-8-13(6-4-5-12)7-10(11)2/h10-11H,3-9,12H2,1-2H3/t10-,11-/m0/s1. The van der Waals surface area contributed by atoms with E-state index < -0.39 is 0 Å². The Morgan fingerprint density at radius 3 is 2.86 bits per heavy atom. The molecule has 84 valence electrons. The van der Waals surface area contributed by atoms with Crippen molar-refractivity contribution >= 4 is 0 Å². The minimum Gasteiger partial charge on any atom is -0.381 e. The van der Waals surface area contributed by atoms with Crippen LogP contribution in [-0.4, -0.2) is 44.3 Å². The quantitative estimate of drug-likeness (QED) is 0.693. The molecule has 3 nitrogen and oxygen atoms in total. The van der Waals surface area contributed by atoms with Gasteiger partial charge < -0.3 is 15.4 Å². The van der Waals surface area contributed by atoms with Gasteiger partial charge in [-0.2, -0.15) is 0 Å². The first-order chi connectivity index (χ1) is 6.77. The van der Waals surface area contributed by atoms with Gasteiger partial charge in [0.1, 0.15) is 0 Å². The summed E-state index contributed by atoms with van der Waals surface area (Å²) in [6.07, 6.45) is 1.12. The third-order valence-corrected chi connectivity index (χ3v) is 3.06. The average molecular weight is 200 g/mol. The number of hydrogen-bond acceptors (Lipinski definition) is 3. The predicted molar refractivity (Wildman–Crippen MR) is 59.3 cm³/mol. The fourth-order valence-electron chi connectivity index (χ4n) is 2.13. The molecule has 1 saturated heterocycles. The summed E-state index contributed by atoms with van der Waals surface area (Å²) in [4.78, 5) is 2.52. The van der Waals surface area contributed by atoms with Crippen molar-refractivity contribution < 1.29 is 4.74 Å². The summed E-state index contributed by atoms with van der Waals surface area (Å²) in [6, 6.07) is 0. The Balaban J connectivity index is 2.21. The summed E-state index contributed by atoms with van der Waals surface area (Å²) in [6.45, 7) is 10.5. The topological polar surface area (TPSA) is 38.5 Å². The second-order valence-corrected chi connectivity index (χ2v) is 4.30. The van der Waals surface area contributed by atoms with E-state index >= 15 is 0 Å². The van der Waals surface area contributed by atoms with Crippen LogP contribution >= 0.6 is 0 Å². The smallest absolute Gasteiger partial charge is 0.0509 e. The monoisotopic (exact) mass is 200 g/mol. The highest BCUT2D eigenvalue weighted by atomic mass is 16.5. The van der Waals surface area contributed by atoms with Gasteiger partial charge >= 0.3 is 0 Å². The van der Waals surface area contributed by atoms with E-state index in [1.165, 1.54) is 13.1 Å². The van der Waals surface area contributed by atoms with E-state index in [4.69, 9.17) is 10.5 Å². The number of ether oxygens (including phenoxy) is 1. The van der Waals surface area contributed by atoms with Gasteiger partial charge in [-0.05, 0) is 38.3 Å². The fraction of sp³-hybridized carbons (Fsp3) is 1.00. The lowest BCUT2D eigenvalue weighted by Crippen LogP contribution is -2.24. The van der Waals surface area contributed by atoms with Crippen molar-refractivity contribution in [3.8, 4) is 0 Å². The van der Waals surface area contributed by atoms with Crippen LogP contribution in [0.15, 0.2) is 0 Å². The molecule has 0 unspecified atom stereocenters. The summed E-state index contributed by atoms with van der Waals surface area (Å²) < 4.78 is 5.49. The zero-order valence-corrected chi connectivity index (χ0v) is 9.54. The predicted octanol–water partition coefficient (Wildman–Crippen LogP) is 0.940. The molecule has 0 amide bonds. The van der Waals surface area contributed by atoms with Crippen molar-refractivity contribution in [3.05, 3.63) is 0 Å². The maximum atomic E-state index is 5.50. The van der Waals surface area contributed by atoms with Gasteiger partial charge in [0.25, 0.3) is 0 Å². The minimum absolute atomic E-state index is 0.729. The zero-order chi connectivity index (χ0) is 10.4. The normalized spacial score (nSPS) is 28.5. The molecule has 0 saturated carbocycles. The number of hydrogen-bond donors (Lipinski definition) is 1. The molecule has 1 heterocycles. The molecule has 0 aromatic carbocycles. The van der Waals surface area contributed by atoms with Crippen LogP contribution in [-0.2, 0) is 4.74 Å². The second-order valence-electron chi connectivity index (χ2n) is 4.30. The highest BCUT2D eigenvalue weighted by Crippen LogP contribution is 2.22. The SMILES string of the molecule is CCOC[C@@H]1CN(CCCN)C[C@@H]1C. The number of nitrogens with zero attached hydrogens (tertiary/aromatic N) is 1. The molecular formula is C11H24N2O. The summed E-state index contributed by atoms with van der Waals surface area (Å²) in [7, 11) is 0. The molecule has 1 fully saturated rings. The first kappa shape index (κ1) is 12.0. The third-order valence-electron chi connectivity index (χ3n) is 3.06. The van der Waals surface area contributed by atoms with Crippen LogP contribution in [0.4, 0.5) is 0 Å². The summed E-state index contributed by atoms with van der Waals surface area (Å²) >= 11 is 0. The minimum atomic E-state index is 0.729. The van der Waals surface area contributed by atoms with E-state index in [1.54, 1.807) is 0 Å². The molecule has 14 heavy (non-hydrogen) atoms. The maximum absolute atomic E-state index is 5.50. The first-order valence-corrected chi connectivity index (χ1v) is 5.78. The van der Waals surface area contributed by atoms with Crippen molar-refractivity contribution in [2.75, 3.05) is 39.4 Å². The largest absolute Gasteiger partial charge is 0.381 e. The maximum Gasteiger partial charge on any atom is 0.0509 e. The summed E-state index contributed by atoms with van der Waals surface area (Å²) in [5.74, 6) is 1.51. The molecule has 0 bridgehead atoms. The lowest BCUT2D eigenvalue weighted by molar-refractivity contribution is 0.101. The Morgan fingerprint density at radius 2 is 2.21 bits per heavy atom. The Hall–Kier alpha value is -0.120. The molecule has 1 aliphatic rings. The summed E-state index contributed by atoms with van der Waals surface area (Å²) in [5, 5.41) is 0. The molecule has 2 N–H and O–H groups in total. The van der Waals surface area contributed by atoms with Gasteiger partial charge in [0.05, 0.1) is 6.61 Å². The second kappa shape index (κ2) is 6.38. The van der Waals surface area contributed by atoms with Crippen LogP contribution < -0.4 is 5.73 Å². The van der Waals surface area contributed by atoms with Gasteiger partial charge in [0.2, 0.25) is 0 Å². The van der Waals surface area contributed by atoms with Crippen molar-refractivity contribution in [1.29, 1.82) is 0 Å². The van der Waals surface area contributed by atoms with Crippen LogP contribution in [0.3, 0.4) is 0 Å². The Bertz CT molecular complexity index is 152. The molecule has 3 heteroatoms. The van der Waals surface area contributed by atoms with E-state index in [-0.39, 0.29) is 0 Å². The molecule has 2 atom stereocenters. The lowest BCUT2D eigenvalue weighted by atomic mass is 9.99. The molecular weight excluding hydrogens is 176 g/mol. The average Bonchev–Trinajstić information content (AvgIpc) is 2.53. The van der Waals surface area contributed by atoms with E-state index in [9.17, 15) is 0 Å². The highest BCUT2D eigenvalue weighted by molar-refractivity contribution is 4.81. The van der Waals surface area contributed by atoms with Crippen molar-refractivity contribution in [3.63, 3.8) is 0 Å². The first-order valence-electron chi connectivity index (χ1n) is 5.78. The van der Waals surface area contributed by atoms with Crippen LogP contribution in [0.5, 0.6) is 0 Å². The van der Waals surface area contributed by atoms with Crippen molar-refractivity contribution in [2.45, 2.75) is 20.3 Å². The van der Waals surface area contributed by atoms with Crippen LogP contribution in [0.1, 0.15) is 20.3 Å². The molecule has 0 aromatic rings. The fourth-order valence-corrected chi connectivity index (χ4v) is 2.13. The number of nitrogens with two attached hydrogens (primary N) is 1. The molecule has 0 aliphatic carbocycles. The van der Waals surface area contributed by atoms with Gasteiger partial charge in [-0.15, -0.1) is 0 Å². The Kier molecular flexibility index (Phi) is 5.45. The van der Waals surface area contributed by atoms with Gasteiger partial charge in [0.15, 0.2) is 0 Å². The third kappa shape index (κ3) is 3.56. The van der Waals surface area contributed by atoms with E-state index in [0.29, 0.717) is 0 Å². The summed E-state index contributed by atoms with van der Waals surface area (Å²) in [5.41, 5.74) is 5.50. The molecule has 1 rings (SSSR count). The van der Waals surface area contributed by atoms with Gasteiger partial charge in [-0.25, -0.2) is 0 Å². The van der Waals surface area contributed by atoms with E-state index in [0.717, 1.165) is 44.6 Å². The highest BCUT2D eigenvalue weighted by Gasteiger charge is 2.28. The number of rotatable bonds is 6.